The normalized spacial score (nSPS) is 11.6. The Hall–Kier alpha value is -1.27. The molecular weight excluding hydrogens is 242 g/mol. The quantitative estimate of drug-likeness (QED) is 0.675. The summed E-state index contributed by atoms with van der Waals surface area (Å²) in [5, 5.41) is 7.26. The van der Waals surface area contributed by atoms with Gasteiger partial charge in [-0.05, 0) is 12.3 Å². The van der Waals surface area contributed by atoms with Crippen molar-refractivity contribution >= 4 is 44.2 Å². The highest BCUT2D eigenvalue weighted by Crippen LogP contribution is 2.36. The third-order valence-electron chi connectivity index (χ3n) is 2.66. The number of hydrogen-bond donors (Lipinski definition) is 1. The number of aromatic nitrogens is 3. The van der Waals surface area contributed by atoms with E-state index < -0.39 is 0 Å². The number of thiophene rings is 1. The maximum atomic E-state index is 11.7. The van der Waals surface area contributed by atoms with E-state index in [2.05, 4.69) is 22.5 Å². The molecule has 1 N–H and O–H groups in total. The van der Waals surface area contributed by atoms with E-state index >= 15 is 0 Å². The third kappa shape index (κ3) is 1.17. The Kier molecular flexibility index (Phi) is 2.08. The SMILES string of the molecule is CSc1cc2c(s1)c1cn[nH]c(=O)c1n2C. The van der Waals surface area contributed by atoms with Crippen LogP contribution in [0.4, 0.5) is 0 Å². The van der Waals surface area contributed by atoms with E-state index in [0.29, 0.717) is 5.52 Å². The number of thioether (sulfide) groups is 1. The molecule has 3 heterocycles. The van der Waals surface area contributed by atoms with E-state index in [1.165, 1.54) is 4.21 Å². The second-order valence-electron chi connectivity index (χ2n) is 3.50. The highest BCUT2D eigenvalue weighted by Gasteiger charge is 2.14. The molecule has 3 aromatic rings. The first-order chi connectivity index (χ1) is 7.72. The molecule has 3 aromatic heterocycles. The summed E-state index contributed by atoms with van der Waals surface area (Å²) in [6, 6.07) is 2.12. The smallest absolute Gasteiger partial charge is 0.288 e. The van der Waals surface area contributed by atoms with Gasteiger partial charge < -0.3 is 4.57 Å². The number of nitrogens with one attached hydrogen (secondary N) is 1. The number of hydrogen-bond acceptors (Lipinski definition) is 4. The lowest BCUT2D eigenvalue weighted by Gasteiger charge is -1.94. The van der Waals surface area contributed by atoms with Gasteiger partial charge in [0.25, 0.3) is 5.56 Å². The van der Waals surface area contributed by atoms with Crippen LogP contribution in [0.15, 0.2) is 21.3 Å². The highest BCUT2D eigenvalue weighted by atomic mass is 32.2. The summed E-state index contributed by atoms with van der Waals surface area (Å²) < 4.78 is 4.32. The number of H-pyrrole nitrogens is 1. The monoisotopic (exact) mass is 251 g/mol. The van der Waals surface area contributed by atoms with Gasteiger partial charge >= 0.3 is 0 Å². The second-order valence-corrected chi connectivity index (χ2v) is 5.66. The standard InChI is InChI=1S/C10H9N3OS2/c1-13-6-3-7(15-2)16-9(6)5-4-11-12-10(14)8(5)13/h3-4H,1-2H3,(H,12,14). The molecule has 0 aromatic carbocycles. The number of fused-ring (bicyclic) bond motifs is 3. The van der Waals surface area contributed by atoms with E-state index in [4.69, 9.17) is 0 Å². The predicted molar refractivity (Wildman–Crippen MR) is 68.5 cm³/mol. The van der Waals surface area contributed by atoms with Crippen LogP contribution in [0.1, 0.15) is 0 Å². The number of aromatic amines is 1. The zero-order valence-corrected chi connectivity index (χ0v) is 10.4. The Labute approximate surface area is 99.3 Å². The van der Waals surface area contributed by atoms with Crippen molar-refractivity contribution in [2.24, 2.45) is 7.05 Å². The average Bonchev–Trinajstić information content (AvgIpc) is 2.80. The van der Waals surface area contributed by atoms with E-state index in [1.807, 2.05) is 11.6 Å². The first-order valence-corrected chi connectivity index (χ1v) is 6.76. The van der Waals surface area contributed by atoms with Crippen LogP contribution >= 0.6 is 23.1 Å². The molecule has 82 valence electrons. The van der Waals surface area contributed by atoms with Crippen LogP contribution < -0.4 is 5.56 Å². The van der Waals surface area contributed by atoms with Crippen molar-refractivity contribution in [3.63, 3.8) is 0 Å². The molecule has 0 atom stereocenters. The molecule has 0 spiro atoms. The van der Waals surface area contributed by atoms with Crippen LogP contribution in [0, 0.1) is 0 Å². The molecule has 4 nitrogen and oxygen atoms in total. The molecule has 0 saturated carbocycles. The lowest BCUT2D eigenvalue weighted by atomic mass is 10.3. The first-order valence-electron chi connectivity index (χ1n) is 4.72. The van der Waals surface area contributed by atoms with E-state index in [9.17, 15) is 4.79 Å². The van der Waals surface area contributed by atoms with Crippen LogP contribution in [0.25, 0.3) is 21.1 Å². The van der Waals surface area contributed by atoms with E-state index in [1.54, 1.807) is 29.3 Å². The summed E-state index contributed by atoms with van der Waals surface area (Å²) in [7, 11) is 1.91. The van der Waals surface area contributed by atoms with Gasteiger partial charge in [-0.25, -0.2) is 5.10 Å². The van der Waals surface area contributed by atoms with Crippen molar-refractivity contribution in [3.05, 3.63) is 22.6 Å². The fourth-order valence-corrected chi connectivity index (χ4v) is 3.66. The molecule has 0 amide bonds. The largest absolute Gasteiger partial charge is 0.338 e. The summed E-state index contributed by atoms with van der Waals surface area (Å²) in [6.07, 6.45) is 3.78. The summed E-state index contributed by atoms with van der Waals surface area (Å²) in [5.74, 6) is 0. The molecule has 0 radical (unpaired) electrons. The van der Waals surface area contributed by atoms with Crippen molar-refractivity contribution in [3.8, 4) is 0 Å². The van der Waals surface area contributed by atoms with Gasteiger partial charge in [0.15, 0.2) is 0 Å². The van der Waals surface area contributed by atoms with Crippen LogP contribution in [0.2, 0.25) is 0 Å². The Morgan fingerprint density at radius 3 is 3.12 bits per heavy atom. The minimum atomic E-state index is -0.130. The topological polar surface area (TPSA) is 50.7 Å². The summed E-state index contributed by atoms with van der Waals surface area (Å²) >= 11 is 3.43. The van der Waals surface area contributed by atoms with Crippen molar-refractivity contribution in [1.82, 2.24) is 14.8 Å². The van der Waals surface area contributed by atoms with Crippen LogP contribution in [0.5, 0.6) is 0 Å². The Bertz CT molecular complexity index is 738. The van der Waals surface area contributed by atoms with Crippen LogP contribution in [0.3, 0.4) is 0 Å². The van der Waals surface area contributed by atoms with Gasteiger partial charge in [-0.15, -0.1) is 23.1 Å². The average molecular weight is 251 g/mol. The predicted octanol–water partition coefficient (Wildman–Crippen LogP) is 2.20. The van der Waals surface area contributed by atoms with Gasteiger partial charge in [0.05, 0.1) is 20.6 Å². The number of rotatable bonds is 1. The Balaban J connectivity index is 2.58. The van der Waals surface area contributed by atoms with Gasteiger partial charge in [0, 0.05) is 12.4 Å². The molecule has 3 rings (SSSR count). The Morgan fingerprint density at radius 1 is 1.56 bits per heavy atom. The molecule has 16 heavy (non-hydrogen) atoms. The van der Waals surface area contributed by atoms with Gasteiger partial charge in [-0.2, -0.15) is 5.10 Å². The minimum absolute atomic E-state index is 0.130. The highest BCUT2D eigenvalue weighted by molar-refractivity contribution is 8.00. The molecule has 0 fully saturated rings. The first kappa shape index (κ1) is 9.92. The molecule has 0 unspecified atom stereocenters. The van der Waals surface area contributed by atoms with Gasteiger partial charge in [-0.1, -0.05) is 0 Å². The lowest BCUT2D eigenvalue weighted by molar-refractivity contribution is 0.958. The van der Waals surface area contributed by atoms with E-state index in [0.717, 1.165) is 15.6 Å². The summed E-state index contributed by atoms with van der Waals surface area (Å²) in [5.41, 5.74) is 1.67. The molecule has 0 aliphatic carbocycles. The Morgan fingerprint density at radius 2 is 2.38 bits per heavy atom. The molecule has 0 bridgehead atoms. The van der Waals surface area contributed by atoms with Gasteiger partial charge in [0.1, 0.15) is 5.52 Å². The third-order valence-corrected chi connectivity index (χ3v) is 4.88. The second kappa shape index (κ2) is 3.36. The van der Waals surface area contributed by atoms with Crippen molar-refractivity contribution in [2.45, 2.75) is 4.21 Å². The maximum Gasteiger partial charge on any atom is 0.288 e. The zero-order valence-electron chi connectivity index (χ0n) is 8.77. The van der Waals surface area contributed by atoms with Gasteiger partial charge in [-0.3, -0.25) is 4.79 Å². The molecule has 6 heteroatoms. The minimum Gasteiger partial charge on any atom is -0.338 e. The van der Waals surface area contributed by atoms with E-state index in [-0.39, 0.29) is 5.56 Å². The molecular formula is C10H9N3OS2. The number of aryl methyl sites for hydroxylation is 1. The molecule has 0 saturated heterocycles. The fourth-order valence-electron chi connectivity index (χ4n) is 1.91. The maximum absolute atomic E-state index is 11.7. The molecule has 0 aliphatic rings. The fraction of sp³-hybridized carbons (Fsp3) is 0.200. The van der Waals surface area contributed by atoms with Crippen LogP contribution in [-0.2, 0) is 7.05 Å². The summed E-state index contributed by atoms with van der Waals surface area (Å²) in [6.45, 7) is 0. The van der Waals surface area contributed by atoms with Crippen molar-refractivity contribution in [2.75, 3.05) is 6.26 Å². The van der Waals surface area contributed by atoms with Crippen molar-refractivity contribution in [1.29, 1.82) is 0 Å². The van der Waals surface area contributed by atoms with Crippen LogP contribution in [-0.4, -0.2) is 21.0 Å². The number of nitrogens with zero attached hydrogens (tertiary/aromatic N) is 2. The zero-order chi connectivity index (χ0) is 11.3. The van der Waals surface area contributed by atoms with Gasteiger partial charge in [0.2, 0.25) is 0 Å². The van der Waals surface area contributed by atoms with Crippen molar-refractivity contribution < 1.29 is 0 Å². The molecule has 0 aliphatic heterocycles. The summed E-state index contributed by atoms with van der Waals surface area (Å²) in [4.78, 5) is 11.7. The lowest BCUT2D eigenvalue weighted by Crippen LogP contribution is -2.10.